The lowest BCUT2D eigenvalue weighted by atomic mass is 9.78. The van der Waals surface area contributed by atoms with Gasteiger partial charge in [0.25, 0.3) is 0 Å². The smallest absolute Gasteiger partial charge is 0.0520 e. The number of hydrogen-bond acceptors (Lipinski definition) is 2. The Labute approximate surface area is 298 Å². The summed E-state index contributed by atoms with van der Waals surface area (Å²) in [6, 6.07) is 32.7. The van der Waals surface area contributed by atoms with E-state index < -0.39 is 0 Å². The lowest BCUT2D eigenvalue weighted by molar-refractivity contribution is 0.439. The molecule has 5 aromatic rings. The summed E-state index contributed by atoms with van der Waals surface area (Å²) in [5.74, 6) is 0. The largest absolute Gasteiger partial charge is 0.344 e. The Balaban J connectivity index is 1.61. The molecular weight excluding hydrogens is 593 g/mol. The summed E-state index contributed by atoms with van der Waals surface area (Å²) in [6.45, 7) is 29.8. The maximum atomic E-state index is 2.47. The number of rotatable bonds is 8. The minimum Gasteiger partial charge on any atom is -0.344 e. The molecule has 0 aliphatic rings. The molecule has 258 valence electrons. The number of nitrogens with zero attached hydrogens (tertiary/aromatic N) is 2. The van der Waals surface area contributed by atoms with Crippen LogP contribution in [0.15, 0.2) is 84.9 Å². The Morgan fingerprint density at radius 2 is 0.837 bits per heavy atom. The average molecular weight is 653 g/mol. The van der Waals surface area contributed by atoms with Gasteiger partial charge in [-0.2, -0.15) is 0 Å². The molecule has 0 aliphatic heterocycles. The molecule has 0 atom stereocenters. The van der Waals surface area contributed by atoms with E-state index in [9.17, 15) is 0 Å². The third-order valence-electron chi connectivity index (χ3n) is 11.1. The highest BCUT2D eigenvalue weighted by molar-refractivity contribution is 5.92. The van der Waals surface area contributed by atoms with Gasteiger partial charge in [-0.1, -0.05) is 111 Å². The lowest BCUT2D eigenvalue weighted by Crippen LogP contribution is -2.20. The van der Waals surface area contributed by atoms with E-state index >= 15 is 0 Å². The van der Waals surface area contributed by atoms with Gasteiger partial charge in [-0.05, 0) is 143 Å². The van der Waals surface area contributed by atoms with Crippen LogP contribution in [-0.4, -0.2) is 7.05 Å². The number of fused-ring (bicyclic) bond motifs is 1. The van der Waals surface area contributed by atoms with Crippen molar-refractivity contribution in [2.75, 3.05) is 16.8 Å². The summed E-state index contributed by atoms with van der Waals surface area (Å²) in [6.07, 6.45) is 2.25. The van der Waals surface area contributed by atoms with E-state index in [4.69, 9.17) is 0 Å². The van der Waals surface area contributed by atoms with Gasteiger partial charge in [0.2, 0.25) is 0 Å². The maximum Gasteiger partial charge on any atom is 0.0520 e. The molecule has 0 bridgehead atoms. The quantitative estimate of drug-likeness (QED) is 0.165. The van der Waals surface area contributed by atoms with Crippen LogP contribution in [0.5, 0.6) is 0 Å². The molecule has 5 aromatic carbocycles. The predicted octanol–water partition coefficient (Wildman–Crippen LogP) is 14.0. The van der Waals surface area contributed by atoms with Crippen molar-refractivity contribution in [3.63, 3.8) is 0 Å². The third-order valence-corrected chi connectivity index (χ3v) is 11.1. The second kappa shape index (κ2) is 13.3. The van der Waals surface area contributed by atoms with Crippen LogP contribution in [-0.2, 0) is 16.2 Å². The SMILES string of the molecule is CCC(C)(CC)c1ccc(N(c2ccc3cc(N(C)c4c(C)cc(C(C)(C)C)cc4C)ccc3c2)c2c(C)cc(C(C)(C)C)cc2C)cc1. The third kappa shape index (κ3) is 7.16. The van der Waals surface area contributed by atoms with Gasteiger partial charge < -0.3 is 9.80 Å². The van der Waals surface area contributed by atoms with Crippen LogP contribution in [0.2, 0.25) is 0 Å². The van der Waals surface area contributed by atoms with Gasteiger partial charge in [-0.15, -0.1) is 0 Å². The van der Waals surface area contributed by atoms with Crippen LogP contribution in [0.1, 0.15) is 114 Å². The normalized spacial score (nSPS) is 12.4. The van der Waals surface area contributed by atoms with Crippen molar-refractivity contribution in [3.8, 4) is 0 Å². The van der Waals surface area contributed by atoms with Gasteiger partial charge in [-0.25, -0.2) is 0 Å². The van der Waals surface area contributed by atoms with Crippen LogP contribution < -0.4 is 9.80 Å². The molecule has 0 heterocycles. The van der Waals surface area contributed by atoms with E-state index in [0.717, 1.165) is 12.8 Å². The fraction of sp³-hybridized carbons (Fsp3) is 0.404. The molecule has 0 aliphatic carbocycles. The van der Waals surface area contributed by atoms with E-state index in [1.807, 2.05) is 0 Å². The molecule has 0 spiro atoms. The zero-order chi connectivity index (χ0) is 36.1. The Hall–Kier alpha value is -4.04. The number of hydrogen-bond donors (Lipinski definition) is 0. The Kier molecular flexibility index (Phi) is 9.87. The molecule has 49 heavy (non-hydrogen) atoms. The number of anilines is 5. The minimum absolute atomic E-state index is 0.0881. The standard InChI is InChI=1S/C47H60N2/c1-15-47(13,16-2)37-19-23-40(24-20-37)49(44-33(5)27-39(28-34(44)6)46(10,11)12)42-22-18-35-29-41(21-17-36(35)30-42)48(14)43-31(3)25-38(26-32(43)4)45(7,8)9/h17-30H,15-16H2,1-14H3. The van der Waals surface area contributed by atoms with Crippen LogP contribution >= 0.6 is 0 Å². The summed E-state index contributed by atoms with van der Waals surface area (Å²) >= 11 is 0. The first-order valence-electron chi connectivity index (χ1n) is 18.3. The molecule has 0 fully saturated rings. The first-order valence-corrected chi connectivity index (χ1v) is 18.3. The van der Waals surface area contributed by atoms with Gasteiger partial charge >= 0.3 is 0 Å². The molecule has 5 rings (SSSR count). The van der Waals surface area contributed by atoms with Crippen molar-refractivity contribution in [2.45, 2.75) is 119 Å². The van der Waals surface area contributed by atoms with E-state index in [2.05, 4.69) is 192 Å². The van der Waals surface area contributed by atoms with Crippen LogP contribution in [0.25, 0.3) is 10.8 Å². The topological polar surface area (TPSA) is 6.48 Å². The number of aryl methyl sites for hydroxylation is 4. The molecule has 2 nitrogen and oxygen atoms in total. The zero-order valence-corrected chi connectivity index (χ0v) is 32.9. The maximum absolute atomic E-state index is 2.47. The highest BCUT2D eigenvalue weighted by atomic mass is 15.1. The first-order chi connectivity index (χ1) is 22.9. The van der Waals surface area contributed by atoms with E-state index in [1.54, 1.807) is 0 Å². The fourth-order valence-corrected chi connectivity index (χ4v) is 7.44. The van der Waals surface area contributed by atoms with Gasteiger partial charge in [0.05, 0.1) is 5.69 Å². The molecule has 0 unspecified atom stereocenters. The van der Waals surface area contributed by atoms with Crippen molar-refractivity contribution in [1.82, 2.24) is 0 Å². The van der Waals surface area contributed by atoms with E-state index in [-0.39, 0.29) is 16.2 Å². The molecule has 0 saturated carbocycles. The Morgan fingerprint density at radius 3 is 1.27 bits per heavy atom. The average Bonchev–Trinajstić information content (AvgIpc) is 3.04. The molecule has 0 aromatic heterocycles. The number of benzene rings is 5. The minimum atomic E-state index is 0.0881. The van der Waals surface area contributed by atoms with Crippen molar-refractivity contribution in [3.05, 3.63) is 124 Å². The van der Waals surface area contributed by atoms with Gasteiger partial charge in [0.1, 0.15) is 0 Å². The second-order valence-electron chi connectivity index (χ2n) is 16.8. The lowest BCUT2D eigenvalue weighted by Gasteiger charge is -2.32. The van der Waals surface area contributed by atoms with Crippen molar-refractivity contribution >= 4 is 39.2 Å². The summed E-state index contributed by atoms with van der Waals surface area (Å²) in [5, 5.41) is 2.47. The summed E-state index contributed by atoms with van der Waals surface area (Å²) in [7, 11) is 2.20. The molecule has 0 saturated heterocycles. The van der Waals surface area contributed by atoms with Crippen LogP contribution in [0.4, 0.5) is 28.4 Å². The first kappa shape index (κ1) is 36.2. The summed E-state index contributed by atoms with van der Waals surface area (Å²) in [4.78, 5) is 4.82. The van der Waals surface area contributed by atoms with Crippen molar-refractivity contribution < 1.29 is 0 Å². The fourth-order valence-electron chi connectivity index (χ4n) is 7.44. The highest BCUT2D eigenvalue weighted by Crippen LogP contribution is 2.43. The van der Waals surface area contributed by atoms with Gasteiger partial charge in [-0.3, -0.25) is 0 Å². The molecule has 0 amide bonds. The monoisotopic (exact) mass is 652 g/mol. The van der Waals surface area contributed by atoms with E-state index in [1.165, 1.54) is 78.2 Å². The summed E-state index contributed by atoms with van der Waals surface area (Å²) in [5.41, 5.74) is 15.9. The van der Waals surface area contributed by atoms with Crippen LogP contribution in [0.3, 0.4) is 0 Å². The molecule has 0 N–H and O–H groups in total. The highest BCUT2D eigenvalue weighted by Gasteiger charge is 2.25. The predicted molar refractivity (Wildman–Crippen MR) is 217 cm³/mol. The molecule has 2 heteroatoms. The Morgan fingerprint density at radius 1 is 0.449 bits per heavy atom. The van der Waals surface area contributed by atoms with Gasteiger partial charge in [0.15, 0.2) is 0 Å². The zero-order valence-electron chi connectivity index (χ0n) is 32.9. The second-order valence-corrected chi connectivity index (χ2v) is 16.8. The van der Waals surface area contributed by atoms with E-state index in [0.29, 0.717) is 0 Å². The van der Waals surface area contributed by atoms with Crippen molar-refractivity contribution in [2.24, 2.45) is 0 Å². The van der Waals surface area contributed by atoms with Crippen molar-refractivity contribution in [1.29, 1.82) is 0 Å². The summed E-state index contributed by atoms with van der Waals surface area (Å²) < 4.78 is 0. The van der Waals surface area contributed by atoms with Gasteiger partial charge in [0, 0.05) is 29.8 Å². The Bertz CT molecular complexity index is 1910. The molecular formula is C47H60N2. The van der Waals surface area contributed by atoms with Crippen LogP contribution in [0, 0.1) is 27.7 Å². The molecule has 0 radical (unpaired) electrons.